The fraction of sp³-hybridized carbons (Fsp3) is 0.250. The average molecular weight is 360 g/mol. The van der Waals surface area contributed by atoms with E-state index in [4.69, 9.17) is 5.26 Å². The third kappa shape index (κ3) is 3.76. The van der Waals surface area contributed by atoms with Gasteiger partial charge in [0.25, 0.3) is 0 Å². The van der Waals surface area contributed by atoms with Gasteiger partial charge in [-0.1, -0.05) is 24.3 Å². The van der Waals surface area contributed by atoms with Crippen LogP contribution in [0.4, 0.5) is 4.79 Å². The zero-order valence-electron chi connectivity index (χ0n) is 14.9. The first-order valence-electron chi connectivity index (χ1n) is 8.92. The molecule has 7 heteroatoms. The van der Waals surface area contributed by atoms with E-state index in [1.54, 1.807) is 11.0 Å². The number of rotatable bonds is 3. The molecule has 7 nitrogen and oxygen atoms in total. The Labute approximate surface area is 157 Å². The van der Waals surface area contributed by atoms with E-state index in [0.717, 1.165) is 30.7 Å². The van der Waals surface area contributed by atoms with Crippen LogP contribution < -0.4 is 5.43 Å². The number of fused-ring (bicyclic) bond motifs is 1. The van der Waals surface area contributed by atoms with E-state index in [0.29, 0.717) is 18.7 Å². The number of hydrogen-bond acceptors (Lipinski definition) is 4. The normalized spacial score (nSPS) is 14.9. The molecule has 4 rings (SSSR count). The number of para-hydroxylation sites is 2. The molecule has 1 aliphatic heterocycles. The van der Waals surface area contributed by atoms with Crippen LogP contribution in [0, 0.1) is 11.3 Å². The van der Waals surface area contributed by atoms with E-state index in [1.807, 2.05) is 53.4 Å². The van der Waals surface area contributed by atoms with Gasteiger partial charge in [-0.25, -0.2) is 19.9 Å². The Bertz CT molecular complexity index is 980. The number of benzene rings is 2. The molecule has 0 saturated carbocycles. The van der Waals surface area contributed by atoms with Crippen molar-refractivity contribution in [1.82, 2.24) is 19.5 Å². The minimum atomic E-state index is -0.115. The Morgan fingerprint density at radius 1 is 1.07 bits per heavy atom. The molecule has 2 heterocycles. The van der Waals surface area contributed by atoms with Gasteiger partial charge in [0, 0.05) is 32.7 Å². The van der Waals surface area contributed by atoms with Crippen molar-refractivity contribution < 1.29 is 4.79 Å². The fourth-order valence-corrected chi connectivity index (χ4v) is 3.27. The summed E-state index contributed by atoms with van der Waals surface area (Å²) in [5.41, 5.74) is 6.49. The lowest BCUT2D eigenvalue weighted by Crippen LogP contribution is -2.50. The highest BCUT2D eigenvalue weighted by Gasteiger charge is 2.21. The number of piperazine rings is 1. The van der Waals surface area contributed by atoms with Crippen LogP contribution >= 0.6 is 0 Å². The molecule has 0 aliphatic carbocycles. The molecule has 0 atom stereocenters. The minimum Gasteiger partial charge on any atom is -0.321 e. The lowest BCUT2D eigenvalue weighted by Gasteiger charge is -2.34. The summed E-state index contributed by atoms with van der Waals surface area (Å²) in [6.45, 7) is 3.81. The summed E-state index contributed by atoms with van der Waals surface area (Å²) in [7, 11) is 0. The van der Waals surface area contributed by atoms with Crippen LogP contribution in [0.25, 0.3) is 11.0 Å². The topological polar surface area (TPSA) is 77.2 Å². The molecule has 1 N–H and O–H groups in total. The van der Waals surface area contributed by atoms with Gasteiger partial charge in [0.2, 0.25) is 0 Å². The van der Waals surface area contributed by atoms with Crippen molar-refractivity contribution in [3.8, 4) is 6.07 Å². The Morgan fingerprint density at radius 3 is 2.56 bits per heavy atom. The number of carbonyl (C=O) groups excluding carboxylic acids is 1. The van der Waals surface area contributed by atoms with Gasteiger partial charge in [0.05, 0.1) is 22.7 Å². The highest BCUT2D eigenvalue weighted by atomic mass is 16.2. The van der Waals surface area contributed by atoms with Gasteiger partial charge in [0.15, 0.2) is 0 Å². The Kier molecular flexibility index (Phi) is 4.73. The smallest absolute Gasteiger partial charge is 0.321 e. The summed E-state index contributed by atoms with van der Waals surface area (Å²) in [5, 5.41) is 8.87. The molecule has 3 aromatic rings. The zero-order chi connectivity index (χ0) is 18.6. The summed E-state index contributed by atoms with van der Waals surface area (Å²) in [6, 6.07) is 17.4. The minimum absolute atomic E-state index is 0.115. The quantitative estimate of drug-likeness (QED) is 0.778. The van der Waals surface area contributed by atoms with Crippen LogP contribution in [0.1, 0.15) is 11.1 Å². The maximum Gasteiger partial charge on any atom is 0.336 e. The Hall–Kier alpha value is -3.37. The van der Waals surface area contributed by atoms with Crippen molar-refractivity contribution in [1.29, 1.82) is 5.26 Å². The third-order valence-electron chi connectivity index (χ3n) is 4.82. The Morgan fingerprint density at radius 2 is 1.81 bits per heavy atom. The first kappa shape index (κ1) is 17.1. The van der Waals surface area contributed by atoms with Gasteiger partial charge >= 0.3 is 6.03 Å². The van der Waals surface area contributed by atoms with E-state index in [-0.39, 0.29) is 6.03 Å². The highest BCUT2D eigenvalue weighted by Crippen LogP contribution is 2.12. The van der Waals surface area contributed by atoms with Gasteiger partial charge in [-0.2, -0.15) is 5.26 Å². The molecule has 0 spiro atoms. The number of nitrogens with zero attached hydrogens (tertiary/aromatic N) is 5. The number of aromatic nitrogens is 2. The van der Waals surface area contributed by atoms with E-state index < -0.39 is 0 Å². The number of nitriles is 1. The second-order valence-corrected chi connectivity index (χ2v) is 6.59. The monoisotopic (exact) mass is 360 g/mol. The molecule has 27 heavy (non-hydrogen) atoms. The van der Waals surface area contributed by atoms with Crippen molar-refractivity contribution in [2.24, 2.45) is 0 Å². The van der Waals surface area contributed by atoms with Crippen LogP contribution in [0.2, 0.25) is 0 Å². The van der Waals surface area contributed by atoms with Gasteiger partial charge in [-0.3, -0.25) is 4.90 Å². The van der Waals surface area contributed by atoms with Crippen molar-refractivity contribution in [2.75, 3.05) is 31.6 Å². The first-order valence-corrected chi connectivity index (χ1v) is 8.92. The van der Waals surface area contributed by atoms with Crippen LogP contribution in [0.5, 0.6) is 0 Å². The first-order chi connectivity index (χ1) is 13.2. The van der Waals surface area contributed by atoms with Crippen LogP contribution in [0.15, 0.2) is 54.9 Å². The molecule has 0 unspecified atom stereocenters. The van der Waals surface area contributed by atoms with Gasteiger partial charge in [-0.05, 0) is 29.8 Å². The molecule has 0 radical (unpaired) electrons. The molecule has 1 aromatic heterocycles. The summed E-state index contributed by atoms with van der Waals surface area (Å²) in [5.74, 6) is 0. The number of amides is 2. The second-order valence-electron chi connectivity index (χ2n) is 6.59. The van der Waals surface area contributed by atoms with E-state index >= 15 is 0 Å². The average Bonchev–Trinajstić information content (AvgIpc) is 3.12. The zero-order valence-corrected chi connectivity index (χ0v) is 14.9. The number of urea groups is 1. The van der Waals surface area contributed by atoms with Crippen molar-refractivity contribution in [2.45, 2.75) is 6.54 Å². The SMILES string of the molecule is N#Cc1ccc(CN2CCN(C(=O)Nn3cnc4ccccc43)CC2)cc1. The van der Waals surface area contributed by atoms with E-state index in [9.17, 15) is 4.79 Å². The molecule has 1 saturated heterocycles. The third-order valence-corrected chi connectivity index (χ3v) is 4.82. The Balaban J connectivity index is 1.32. The van der Waals surface area contributed by atoms with Gasteiger partial charge in [0.1, 0.15) is 6.33 Å². The number of nitrogens with one attached hydrogen (secondary N) is 1. The molecule has 136 valence electrons. The van der Waals surface area contributed by atoms with E-state index in [2.05, 4.69) is 21.4 Å². The van der Waals surface area contributed by atoms with Crippen molar-refractivity contribution in [3.05, 3.63) is 66.0 Å². The van der Waals surface area contributed by atoms with E-state index in [1.165, 1.54) is 5.56 Å². The standard InChI is InChI=1S/C20H20N6O/c21-13-16-5-7-17(8-6-16)14-24-9-11-25(12-10-24)20(27)23-26-15-22-18-3-1-2-4-19(18)26/h1-8,15H,9-12,14H2,(H,23,27). The number of hydrogen-bond donors (Lipinski definition) is 1. The van der Waals surface area contributed by atoms with Crippen LogP contribution in [-0.2, 0) is 6.54 Å². The molecular formula is C20H20N6O. The lowest BCUT2D eigenvalue weighted by molar-refractivity contribution is 0.141. The summed E-state index contributed by atoms with van der Waals surface area (Å²) in [6.07, 6.45) is 1.63. The van der Waals surface area contributed by atoms with Crippen LogP contribution in [-0.4, -0.2) is 51.7 Å². The maximum atomic E-state index is 12.6. The van der Waals surface area contributed by atoms with Gasteiger partial charge in [-0.15, -0.1) is 0 Å². The largest absolute Gasteiger partial charge is 0.336 e. The predicted octanol–water partition coefficient (Wildman–Crippen LogP) is 2.39. The number of imidazole rings is 1. The summed E-state index contributed by atoms with van der Waals surface area (Å²) >= 11 is 0. The van der Waals surface area contributed by atoms with Crippen LogP contribution in [0.3, 0.4) is 0 Å². The molecular weight excluding hydrogens is 340 g/mol. The maximum absolute atomic E-state index is 12.6. The predicted molar refractivity (Wildman–Crippen MR) is 102 cm³/mol. The molecule has 0 bridgehead atoms. The fourth-order valence-electron chi connectivity index (χ4n) is 3.27. The second kappa shape index (κ2) is 7.48. The number of carbonyl (C=O) groups is 1. The highest BCUT2D eigenvalue weighted by molar-refractivity contribution is 5.85. The molecule has 2 amide bonds. The van der Waals surface area contributed by atoms with Crippen molar-refractivity contribution in [3.63, 3.8) is 0 Å². The van der Waals surface area contributed by atoms with Crippen molar-refractivity contribution >= 4 is 17.1 Å². The summed E-state index contributed by atoms with van der Waals surface area (Å²) in [4.78, 5) is 21.0. The molecule has 2 aromatic carbocycles. The van der Waals surface area contributed by atoms with Gasteiger partial charge < -0.3 is 4.90 Å². The molecule has 1 fully saturated rings. The summed E-state index contributed by atoms with van der Waals surface area (Å²) < 4.78 is 1.67. The lowest BCUT2D eigenvalue weighted by atomic mass is 10.1. The molecule has 1 aliphatic rings.